The molecule has 0 aliphatic rings. The normalized spacial score (nSPS) is 9.25. The van der Waals surface area contributed by atoms with Crippen molar-refractivity contribution in [1.29, 1.82) is 0 Å². The molecule has 0 bridgehead atoms. The first-order chi connectivity index (χ1) is 5.10. The van der Waals surface area contributed by atoms with Crippen molar-refractivity contribution in [1.82, 2.24) is 0 Å². The van der Waals surface area contributed by atoms with Crippen LogP contribution >= 0.6 is 15.6 Å². The van der Waals surface area contributed by atoms with E-state index in [1.807, 2.05) is 0 Å². The third-order valence-corrected chi connectivity index (χ3v) is 1.16. The molecule has 0 aromatic heterocycles. The molecule has 0 saturated carbocycles. The first kappa shape index (κ1) is 30.7. The number of hydrogen-bond acceptors (Lipinski definition) is 5. The summed E-state index contributed by atoms with van der Waals surface area (Å²) in [5.41, 5.74) is 0. The molecule has 92 valence electrons. The number of phosphoric ester groups is 2. The van der Waals surface area contributed by atoms with Gasteiger partial charge in [0.25, 0.3) is 0 Å². The first-order valence-electron chi connectivity index (χ1n) is 2.14. The van der Waals surface area contributed by atoms with Crippen molar-refractivity contribution in [2.24, 2.45) is 0 Å². The van der Waals surface area contributed by atoms with Gasteiger partial charge in [0.1, 0.15) is 0 Å². The Balaban J connectivity index is -0.000000101. The second-order valence-electron chi connectivity index (χ2n) is 1.41. The van der Waals surface area contributed by atoms with Crippen LogP contribution in [0.15, 0.2) is 0 Å². The van der Waals surface area contributed by atoms with E-state index in [2.05, 4.69) is 9.05 Å². The second-order valence-corrected chi connectivity index (χ2v) is 3.74. The predicted molar refractivity (Wildman–Crippen MR) is 46.0 cm³/mol. The molecule has 0 fully saturated rings. The zero-order valence-electron chi connectivity index (χ0n) is 5.93. The zero-order valence-corrected chi connectivity index (χ0v) is 9.93. The van der Waals surface area contributed by atoms with Gasteiger partial charge in [0.2, 0.25) is 0 Å². The van der Waals surface area contributed by atoms with E-state index in [1.165, 1.54) is 0 Å². The Hall–Kier alpha value is 1.80. The molecule has 0 aliphatic heterocycles. The van der Waals surface area contributed by atoms with Crippen LogP contribution in [0, 0.1) is 0 Å². The molecule has 4 N–H and O–H groups in total. The van der Waals surface area contributed by atoms with Crippen LogP contribution in [-0.2, 0) is 52.3 Å². The molecule has 0 heterocycles. The van der Waals surface area contributed by atoms with E-state index in [0.717, 1.165) is 0 Å². The van der Waals surface area contributed by atoms with Gasteiger partial charge in [-0.3, -0.25) is 19.6 Å². The van der Waals surface area contributed by atoms with Crippen molar-refractivity contribution in [3.05, 3.63) is 0 Å². The third kappa shape index (κ3) is 24.9. The second kappa shape index (κ2) is 11.9. The molecule has 0 spiro atoms. The van der Waals surface area contributed by atoms with Crippen LogP contribution in [0.3, 0.4) is 0 Å². The van der Waals surface area contributed by atoms with Gasteiger partial charge >= 0.3 is 59.5 Å². The summed E-state index contributed by atoms with van der Waals surface area (Å²) in [6.07, 6.45) is -2.14. The van der Waals surface area contributed by atoms with Crippen molar-refractivity contribution >= 4 is 59.5 Å². The van der Waals surface area contributed by atoms with Gasteiger partial charge in [0, 0.05) is 34.1 Å². The minimum atomic E-state index is -5.13. The standard InChI is InChI=1S/CH4O9P2.2Fe.2Li.2H/c2-1(9-11(3,4)5)10-12(6,7)8;;;;;;/h(H2,3,4,5)(H2,6,7,8);;;;;;. The number of carbonyl (C=O) groups is 1. The van der Waals surface area contributed by atoms with Crippen molar-refractivity contribution in [3.63, 3.8) is 0 Å². The van der Waals surface area contributed by atoms with Gasteiger partial charge in [-0.1, -0.05) is 0 Å². The van der Waals surface area contributed by atoms with Crippen molar-refractivity contribution in [2.75, 3.05) is 0 Å². The Morgan fingerprint density at radius 1 is 0.812 bits per heavy atom. The predicted octanol–water partition coefficient (Wildman–Crippen LogP) is -1.98. The van der Waals surface area contributed by atoms with E-state index >= 15 is 0 Å². The van der Waals surface area contributed by atoms with E-state index in [9.17, 15) is 13.9 Å². The van der Waals surface area contributed by atoms with Gasteiger partial charge in [-0.15, -0.1) is 0 Å². The van der Waals surface area contributed by atoms with E-state index in [1.54, 1.807) is 0 Å². The quantitative estimate of drug-likeness (QED) is 0.328. The molecule has 0 saturated heterocycles. The van der Waals surface area contributed by atoms with Gasteiger partial charge in [0.15, 0.2) is 0 Å². The van der Waals surface area contributed by atoms with Gasteiger partial charge in [-0.05, 0) is 0 Å². The molecule has 0 aromatic carbocycles. The number of carbonyl (C=O) groups excluding carboxylic acids is 1. The number of hydrogen-bond donors (Lipinski definition) is 4. The SMILES string of the molecule is O=C(OP(=O)(O)O)OP(=O)(O)O.[Fe].[Fe].[LiH].[LiH]. The Kier molecular flexibility index (Phi) is 22.7. The molecule has 15 heteroatoms. The topological polar surface area (TPSA) is 151 Å². The summed E-state index contributed by atoms with van der Waals surface area (Å²) in [6, 6.07) is 0. The van der Waals surface area contributed by atoms with Crippen molar-refractivity contribution in [2.45, 2.75) is 0 Å². The Labute approximate surface area is 135 Å². The molecule has 0 aliphatic carbocycles. The molecular weight excluding hydrogens is 344 g/mol. The molecule has 0 rings (SSSR count). The van der Waals surface area contributed by atoms with Crippen molar-refractivity contribution < 1.29 is 76.7 Å². The van der Waals surface area contributed by atoms with E-state index < -0.39 is 21.8 Å². The summed E-state index contributed by atoms with van der Waals surface area (Å²) in [5.74, 6) is 0. The number of rotatable bonds is 2. The van der Waals surface area contributed by atoms with Crippen LogP contribution in [0.5, 0.6) is 0 Å². The molecule has 9 nitrogen and oxygen atoms in total. The average molecular weight is 350 g/mol. The average Bonchev–Trinajstić information content (AvgIpc) is 1.49. The Bertz CT molecular complexity index is 245. The summed E-state index contributed by atoms with van der Waals surface area (Å²) in [7, 11) is -10.3. The van der Waals surface area contributed by atoms with Crippen LogP contribution in [-0.4, -0.2) is 63.5 Å². The monoisotopic (exact) mass is 350 g/mol. The fourth-order valence-corrected chi connectivity index (χ4v) is 0.733. The van der Waals surface area contributed by atoms with Crippen molar-refractivity contribution in [3.8, 4) is 0 Å². The molecule has 0 radical (unpaired) electrons. The van der Waals surface area contributed by atoms with Crippen LogP contribution in [0.2, 0.25) is 0 Å². The molecule has 0 atom stereocenters. The van der Waals surface area contributed by atoms with E-state index in [-0.39, 0.29) is 71.9 Å². The molecule has 0 unspecified atom stereocenters. The summed E-state index contributed by atoms with van der Waals surface area (Å²) >= 11 is 0. The van der Waals surface area contributed by atoms with Crippen LogP contribution in [0.25, 0.3) is 0 Å². The summed E-state index contributed by atoms with van der Waals surface area (Å²) in [6.45, 7) is 0. The van der Waals surface area contributed by atoms with Gasteiger partial charge in [-0.25, -0.2) is 13.9 Å². The van der Waals surface area contributed by atoms with Gasteiger partial charge < -0.3 is 9.05 Å². The summed E-state index contributed by atoms with van der Waals surface area (Å²) < 4.78 is 25.9. The van der Waals surface area contributed by atoms with Crippen LogP contribution < -0.4 is 0 Å². The maximum absolute atomic E-state index is 10.0. The van der Waals surface area contributed by atoms with E-state index in [0.29, 0.717) is 0 Å². The maximum atomic E-state index is 10.0. The Morgan fingerprint density at radius 3 is 1.12 bits per heavy atom. The first-order valence-corrected chi connectivity index (χ1v) is 5.20. The minimum absolute atomic E-state index is 0. The third-order valence-electron chi connectivity index (χ3n) is 0.387. The summed E-state index contributed by atoms with van der Waals surface area (Å²) in [5, 5.41) is 0. The molecule has 0 aromatic rings. The van der Waals surface area contributed by atoms with Gasteiger partial charge in [0.05, 0.1) is 0 Å². The fourth-order valence-electron chi connectivity index (χ4n) is 0.211. The van der Waals surface area contributed by atoms with E-state index in [4.69, 9.17) is 19.6 Å². The van der Waals surface area contributed by atoms with Crippen LogP contribution in [0.1, 0.15) is 0 Å². The zero-order chi connectivity index (χ0) is 9.99. The summed E-state index contributed by atoms with van der Waals surface area (Å²) in [4.78, 5) is 41.7. The fraction of sp³-hybridized carbons (Fsp3) is 0. The molecule has 0 amide bonds. The van der Waals surface area contributed by atoms with Gasteiger partial charge in [-0.2, -0.15) is 0 Å². The number of phosphoric acid groups is 2. The molecular formula is CH6Fe2Li2O9P2. The molecule has 16 heavy (non-hydrogen) atoms. The van der Waals surface area contributed by atoms with Crippen LogP contribution in [0.4, 0.5) is 4.79 Å². The Morgan fingerprint density at radius 2 is 1.00 bits per heavy atom.